The van der Waals surface area contributed by atoms with Crippen LogP contribution in [0.15, 0.2) is 6.07 Å². The Morgan fingerprint density at radius 1 is 1.50 bits per heavy atom. The molecule has 0 bridgehead atoms. The molecule has 1 aliphatic heterocycles. The number of aromatic nitrogens is 2. The number of nitrogen functional groups attached to an aromatic ring is 1. The fourth-order valence-electron chi connectivity index (χ4n) is 1.75. The predicted octanol–water partition coefficient (Wildman–Crippen LogP) is 0.784. The summed E-state index contributed by atoms with van der Waals surface area (Å²) < 4.78 is 5.68. The van der Waals surface area contributed by atoms with E-state index in [1.165, 1.54) is 0 Å². The second-order valence-electron chi connectivity index (χ2n) is 3.57. The van der Waals surface area contributed by atoms with Gasteiger partial charge in [-0.05, 0) is 19.9 Å². The molecule has 0 amide bonds. The van der Waals surface area contributed by atoms with Crippen LogP contribution in [0.1, 0.15) is 31.2 Å². The van der Waals surface area contributed by atoms with Gasteiger partial charge in [-0.3, -0.25) is 0 Å². The quantitative estimate of drug-likeness (QED) is 0.510. The third-order valence-corrected chi connectivity index (χ3v) is 2.41. The molecule has 0 spiro atoms. The SMILES string of the molecule is CC1Cc2nnc(NN)cc2C(C)O1. The van der Waals surface area contributed by atoms with Gasteiger partial charge in [0, 0.05) is 12.0 Å². The summed E-state index contributed by atoms with van der Waals surface area (Å²) in [7, 11) is 0. The lowest BCUT2D eigenvalue weighted by Crippen LogP contribution is -2.24. The van der Waals surface area contributed by atoms with Crippen LogP contribution in [0.25, 0.3) is 0 Å². The zero-order valence-corrected chi connectivity index (χ0v) is 8.32. The Hall–Kier alpha value is -1.20. The lowest BCUT2D eigenvalue weighted by molar-refractivity contribution is -0.00622. The lowest BCUT2D eigenvalue weighted by atomic mass is 10.0. The number of ether oxygens (including phenoxy) is 1. The molecule has 2 heterocycles. The first kappa shape index (κ1) is 9.36. The predicted molar refractivity (Wildman–Crippen MR) is 52.5 cm³/mol. The van der Waals surface area contributed by atoms with Gasteiger partial charge in [0.05, 0.1) is 17.9 Å². The Morgan fingerprint density at radius 2 is 2.29 bits per heavy atom. The van der Waals surface area contributed by atoms with Crippen LogP contribution >= 0.6 is 0 Å². The smallest absolute Gasteiger partial charge is 0.162 e. The molecule has 3 N–H and O–H groups in total. The Bertz CT molecular complexity index is 342. The van der Waals surface area contributed by atoms with Crippen molar-refractivity contribution < 1.29 is 4.74 Å². The average molecular weight is 194 g/mol. The highest BCUT2D eigenvalue weighted by molar-refractivity contribution is 5.38. The standard InChI is InChI=1S/C9H14N4O/c1-5-3-8-7(6(2)14-5)4-9(11-10)13-12-8/h4-6H,3,10H2,1-2H3,(H,11,13). The summed E-state index contributed by atoms with van der Waals surface area (Å²) in [6, 6.07) is 1.89. The Balaban J connectivity index is 2.39. The molecule has 5 heteroatoms. The molecular formula is C9H14N4O. The zero-order chi connectivity index (χ0) is 10.1. The summed E-state index contributed by atoms with van der Waals surface area (Å²) >= 11 is 0. The maximum Gasteiger partial charge on any atom is 0.162 e. The highest BCUT2D eigenvalue weighted by Gasteiger charge is 2.23. The van der Waals surface area contributed by atoms with Gasteiger partial charge in [-0.25, -0.2) is 5.84 Å². The lowest BCUT2D eigenvalue weighted by Gasteiger charge is -2.26. The summed E-state index contributed by atoms with van der Waals surface area (Å²) in [6.07, 6.45) is 1.09. The van der Waals surface area contributed by atoms with Crippen molar-refractivity contribution in [2.45, 2.75) is 32.5 Å². The molecule has 2 rings (SSSR count). The van der Waals surface area contributed by atoms with Crippen LogP contribution in [0, 0.1) is 0 Å². The molecule has 0 fully saturated rings. The van der Waals surface area contributed by atoms with Gasteiger partial charge in [0.15, 0.2) is 5.82 Å². The highest BCUT2D eigenvalue weighted by Crippen LogP contribution is 2.28. The number of nitrogens with two attached hydrogens (primary N) is 1. The molecule has 14 heavy (non-hydrogen) atoms. The number of nitrogens with one attached hydrogen (secondary N) is 1. The van der Waals surface area contributed by atoms with Crippen molar-refractivity contribution in [3.8, 4) is 0 Å². The van der Waals surface area contributed by atoms with Crippen LogP contribution in [0.5, 0.6) is 0 Å². The summed E-state index contributed by atoms with van der Waals surface area (Å²) in [5.41, 5.74) is 4.56. The van der Waals surface area contributed by atoms with Crippen LogP contribution in [0.3, 0.4) is 0 Å². The van der Waals surface area contributed by atoms with Crippen LogP contribution in [0.2, 0.25) is 0 Å². The van der Waals surface area contributed by atoms with E-state index in [-0.39, 0.29) is 12.2 Å². The van der Waals surface area contributed by atoms with Crippen molar-refractivity contribution in [2.24, 2.45) is 5.84 Å². The van der Waals surface area contributed by atoms with Gasteiger partial charge in [-0.1, -0.05) is 0 Å². The highest BCUT2D eigenvalue weighted by atomic mass is 16.5. The second kappa shape index (κ2) is 3.51. The van der Waals surface area contributed by atoms with E-state index in [2.05, 4.69) is 15.6 Å². The molecule has 0 aliphatic carbocycles. The molecule has 0 radical (unpaired) electrons. The van der Waals surface area contributed by atoms with E-state index in [0.717, 1.165) is 17.7 Å². The summed E-state index contributed by atoms with van der Waals surface area (Å²) in [5.74, 6) is 5.84. The number of rotatable bonds is 1. The monoisotopic (exact) mass is 194 g/mol. The van der Waals surface area contributed by atoms with Gasteiger partial charge in [0.2, 0.25) is 0 Å². The van der Waals surface area contributed by atoms with E-state index >= 15 is 0 Å². The van der Waals surface area contributed by atoms with Gasteiger partial charge in [-0.15, -0.1) is 5.10 Å². The minimum atomic E-state index is 0.0661. The first-order valence-electron chi connectivity index (χ1n) is 4.69. The molecule has 76 valence electrons. The molecule has 0 saturated carbocycles. The van der Waals surface area contributed by atoms with E-state index in [4.69, 9.17) is 10.6 Å². The Kier molecular flexibility index (Phi) is 2.35. The number of hydrogen-bond donors (Lipinski definition) is 2. The molecule has 1 aromatic rings. The van der Waals surface area contributed by atoms with Crippen LogP contribution in [0.4, 0.5) is 5.82 Å². The second-order valence-corrected chi connectivity index (χ2v) is 3.57. The molecule has 1 aliphatic rings. The van der Waals surface area contributed by atoms with Crippen LogP contribution < -0.4 is 11.3 Å². The maximum atomic E-state index is 5.68. The van der Waals surface area contributed by atoms with Gasteiger partial charge in [0.1, 0.15) is 0 Å². The van der Waals surface area contributed by atoms with E-state index in [1.54, 1.807) is 0 Å². The van der Waals surface area contributed by atoms with Crippen molar-refractivity contribution in [3.63, 3.8) is 0 Å². The number of nitrogens with zero attached hydrogens (tertiary/aromatic N) is 2. The maximum absolute atomic E-state index is 5.68. The van der Waals surface area contributed by atoms with E-state index in [9.17, 15) is 0 Å². The largest absolute Gasteiger partial charge is 0.370 e. The first-order chi connectivity index (χ1) is 6.70. The fourth-order valence-corrected chi connectivity index (χ4v) is 1.75. The van der Waals surface area contributed by atoms with Crippen molar-refractivity contribution in [1.82, 2.24) is 10.2 Å². The van der Waals surface area contributed by atoms with Gasteiger partial charge in [0.25, 0.3) is 0 Å². The number of hydrazine groups is 1. The number of hydrogen-bond acceptors (Lipinski definition) is 5. The molecular weight excluding hydrogens is 180 g/mol. The van der Waals surface area contributed by atoms with Gasteiger partial charge in [-0.2, -0.15) is 5.10 Å². The number of anilines is 1. The Labute approximate surface area is 82.6 Å². The van der Waals surface area contributed by atoms with E-state index in [1.807, 2.05) is 19.9 Å². The zero-order valence-electron chi connectivity index (χ0n) is 8.32. The first-order valence-corrected chi connectivity index (χ1v) is 4.69. The molecule has 5 nitrogen and oxygen atoms in total. The van der Waals surface area contributed by atoms with Crippen molar-refractivity contribution in [2.75, 3.05) is 5.43 Å². The summed E-state index contributed by atoms with van der Waals surface area (Å²) in [5, 5.41) is 8.06. The molecule has 2 unspecified atom stereocenters. The Morgan fingerprint density at radius 3 is 3.00 bits per heavy atom. The third kappa shape index (κ3) is 1.56. The molecule has 1 aromatic heterocycles. The van der Waals surface area contributed by atoms with Gasteiger partial charge >= 0.3 is 0 Å². The van der Waals surface area contributed by atoms with Gasteiger partial charge < -0.3 is 10.2 Å². The minimum absolute atomic E-state index is 0.0661. The molecule has 2 atom stereocenters. The van der Waals surface area contributed by atoms with E-state index in [0.29, 0.717) is 5.82 Å². The summed E-state index contributed by atoms with van der Waals surface area (Å²) in [6.45, 7) is 4.05. The average Bonchev–Trinajstić information content (AvgIpc) is 2.17. The molecule has 0 saturated heterocycles. The van der Waals surface area contributed by atoms with E-state index < -0.39 is 0 Å². The fraction of sp³-hybridized carbons (Fsp3) is 0.556. The minimum Gasteiger partial charge on any atom is -0.370 e. The topological polar surface area (TPSA) is 73.1 Å². The van der Waals surface area contributed by atoms with Crippen molar-refractivity contribution >= 4 is 5.82 Å². The third-order valence-electron chi connectivity index (χ3n) is 2.41. The van der Waals surface area contributed by atoms with Crippen molar-refractivity contribution in [3.05, 3.63) is 17.3 Å². The van der Waals surface area contributed by atoms with Crippen LogP contribution in [-0.4, -0.2) is 16.3 Å². The molecule has 0 aromatic carbocycles. The summed E-state index contributed by atoms with van der Waals surface area (Å²) in [4.78, 5) is 0. The van der Waals surface area contributed by atoms with Crippen LogP contribution in [-0.2, 0) is 11.2 Å². The van der Waals surface area contributed by atoms with Crippen molar-refractivity contribution in [1.29, 1.82) is 0 Å². The number of fused-ring (bicyclic) bond motifs is 1. The normalized spacial score (nSPS) is 25.6.